The fourth-order valence-corrected chi connectivity index (χ4v) is 3.99. The summed E-state index contributed by atoms with van der Waals surface area (Å²) in [6, 6.07) is 6.43. The van der Waals surface area contributed by atoms with Crippen LogP contribution in [0.15, 0.2) is 18.2 Å². The minimum atomic E-state index is -0.567. The summed E-state index contributed by atoms with van der Waals surface area (Å²) in [6.45, 7) is 15.0. The lowest BCUT2D eigenvalue weighted by atomic mass is 10.00. The Bertz CT molecular complexity index is 1040. The largest absolute Gasteiger partial charge is 0.464 e. The van der Waals surface area contributed by atoms with Crippen LogP contribution in [-0.4, -0.2) is 52.1 Å². The lowest BCUT2D eigenvalue weighted by Gasteiger charge is -2.30. The van der Waals surface area contributed by atoms with Gasteiger partial charge in [0.05, 0.1) is 36.8 Å². The van der Waals surface area contributed by atoms with Crippen LogP contribution in [0.1, 0.15) is 75.5 Å². The average Bonchev–Trinajstić information content (AvgIpc) is 3.10. The van der Waals surface area contributed by atoms with Crippen LogP contribution < -0.4 is 0 Å². The van der Waals surface area contributed by atoms with Crippen LogP contribution in [0.5, 0.6) is 0 Å². The second kappa shape index (κ2) is 10.6. The van der Waals surface area contributed by atoms with Crippen molar-refractivity contribution in [1.82, 2.24) is 14.7 Å². The highest BCUT2D eigenvalue weighted by Crippen LogP contribution is 2.29. The van der Waals surface area contributed by atoms with E-state index in [0.29, 0.717) is 37.7 Å². The Morgan fingerprint density at radius 2 is 1.94 bits per heavy atom. The maximum atomic E-state index is 12.7. The highest BCUT2D eigenvalue weighted by molar-refractivity contribution is 5.70. The molecule has 1 aliphatic heterocycles. The van der Waals surface area contributed by atoms with Crippen LogP contribution in [0.4, 0.5) is 4.79 Å². The van der Waals surface area contributed by atoms with Gasteiger partial charge in [-0.15, -0.1) is 0 Å². The number of aromatic nitrogens is 2. The first-order valence-electron chi connectivity index (χ1n) is 11.9. The summed E-state index contributed by atoms with van der Waals surface area (Å²) < 4.78 is 18.1. The molecular weight excluding hydrogens is 434 g/mol. The zero-order valence-electron chi connectivity index (χ0n) is 21.4. The van der Waals surface area contributed by atoms with E-state index in [9.17, 15) is 9.59 Å². The molecular formula is C26H37N3O5. The lowest BCUT2D eigenvalue weighted by molar-refractivity contribution is -0.148. The molecule has 1 aliphatic rings. The van der Waals surface area contributed by atoms with Crippen molar-refractivity contribution in [1.29, 1.82) is 0 Å². The van der Waals surface area contributed by atoms with Crippen molar-refractivity contribution in [3.8, 4) is 5.69 Å². The second-order valence-electron chi connectivity index (χ2n) is 9.93. The highest BCUT2D eigenvalue weighted by atomic mass is 16.6. The van der Waals surface area contributed by atoms with E-state index in [0.717, 1.165) is 22.5 Å². The maximum absolute atomic E-state index is 12.7. The smallest absolute Gasteiger partial charge is 0.410 e. The van der Waals surface area contributed by atoms with Crippen LogP contribution in [-0.2, 0) is 38.6 Å². The van der Waals surface area contributed by atoms with E-state index in [-0.39, 0.29) is 19.3 Å². The maximum Gasteiger partial charge on any atom is 0.410 e. The van der Waals surface area contributed by atoms with Gasteiger partial charge in [0.15, 0.2) is 0 Å². The van der Waals surface area contributed by atoms with Crippen molar-refractivity contribution in [3.63, 3.8) is 0 Å². The van der Waals surface area contributed by atoms with Crippen molar-refractivity contribution < 1.29 is 23.8 Å². The summed E-state index contributed by atoms with van der Waals surface area (Å²) in [5, 5.41) is 4.87. The standard InChI is InChI=1S/C26H37N3O5/c1-8-33-24(30)16-32-15-21-20-14-28(25(31)34-26(5,6)7)12-11-23(20)29(27-21)22-10-9-19(17(2)3)13-18(22)4/h9-10,13,17H,8,11-12,14-16H2,1-7H3. The Kier molecular flexibility index (Phi) is 8.02. The van der Waals surface area contributed by atoms with Gasteiger partial charge in [-0.05, 0) is 57.7 Å². The fourth-order valence-electron chi connectivity index (χ4n) is 3.99. The number of ether oxygens (including phenoxy) is 3. The van der Waals surface area contributed by atoms with Crippen molar-refractivity contribution in [2.45, 2.75) is 79.6 Å². The molecule has 1 amide bonds. The fraction of sp³-hybridized carbons (Fsp3) is 0.577. The van der Waals surface area contributed by atoms with E-state index in [2.05, 4.69) is 39.0 Å². The first-order chi connectivity index (χ1) is 16.0. The zero-order valence-corrected chi connectivity index (χ0v) is 21.4. The van der Waals surface area contributed by atoms with Crippen molar-refractivity contribution in [3.05, 3.63) is 46.3 Å². The quantitative estimate of drug-likeness (QED) is 0.546. The van der Waals surface area contributed by atoms with Gasteiger partial charge in [0.25, 0.3) is 0 Å². The number of carbonyl (C=O) groups is 2. The monoisotopic (exact) mass is 471 g/mol. The van der Waals surface area contributed by atoms with Gasteiger partial charge < -0.3 is 19.1 Å². The van der Waals surface area contributed by atoms with Gasteiger partial charge in [0.1, 0.15) is 12.2 Å². The average molecular weight is 472 g/mol. The molecule has 1 aromatic heterocycles. The molecule has 0 saturated heterocycles. The molecule has 0 saturated carbocycles. The first-order valence-corrected chi connectivity index (χ1v) is 11.9. The molecule has 186 valence electrons. The van der Waals surface area contributed by atoms with E-state index < -0.39 is 11.6 Å². The number of nitrogens with zero attached hydrogens (tertiary/aromatic N) is 3. The van der Waals surface area contributed by atoms with E-state index in [1.165, 1.54) is 5.56 Å². The number of carbonyl (C=O) groups excluding carboxylic acids is 2. The summed E-state index contributed by atoms with van der Waals surface area (Å²) >= 11 is 0. The van der Waals surface area contributed by atoms with E-state index in [1.54, 1.807) is 11.8 Å². The third-order valence-electron chi connectivity index (χ3n) is 5.67. The summed E-state index contributed by atoms with van der Waals surface area (Å²) in [5.41, 5.74) is 5.54. The van der Waals surface area contributed by atoms with Gasteiger partial charge in [0, 0.05) is 18.5 Å². The van der Waals surface area contributed by atoms with Crippen LogP contribution in [0.25, 0.3) is 5.69 Å². The van der Waals surface area contributed by atoms with E-state index >= 15 is 0 Å². The third-order valence-corrected chi connectivity index (χ3v) is 5.67. The highest BCUT2D eigenvalue weighted by Gasteiger charge is 2.31. The molecule has 0 fully saturated rings. The summed E-state index contributed by atoms with van der Waals surface area (Å²) in [6.07, 6.45) is 0.298. The van der Waals surface area contributed by atoms with Crippen molar-refractivity contribution >= 4 is 12.1 Å². The van der Waals surface area contributed by atoms with Crippen molar-refractivity contribution in [2.24, 2.45) is 0 Å². The molecule has 0 atom stereocenters. The number of hydrogen-bond donors (Lipinski definition) is 0. The minimum absolute atomic E-state index is 0.145. The molecule has 2 heterocycles. The second-order valence-corrected chi connectivity index (χ2v) is 9.93. The van der Waals surface area contributed by atoms with Gasteiger partial charge in [-0.25, -0.2) is 14.3 Å². The number of amides is 1. The van der Waals surface area contributed by atoms with Gasteiger partial charge in [0.2, 0.25) is 0 Å². The molecule has 1 aromatic carbocycles. The number of hydrogen-bond acceptors (Lipinski definition) is 6. The molecule has 2 aromatic rings. The number of aryl methyl sites for hydroxylation is 1. The van der Waals surface area contributed by atoms with Crippen molar-refractivity contribution in [2.75, 3.05) is 19.8 Å². The Morgan fingerprint density at radius 1 is 1.21 bits per heavy atom. The van der Waals surface area contributed by atoms with E-state index in [4.69, 9.17) is 19.3 Å². The Labute approximate surface area is 202 Å². The topological polar surface area (TPSA) is 82.9 Å². The Balaban J connectivity index is 1.92. The minimum Gasteiger partial charge on any atom is -0.464 e. The van der Waals surface area contributed by atoms with Gasteiger partial charge in [-0.3, -0.25) is 0 Å². The summed E-state index contributed by atoms with van der Waals surface area (Å²) in [4.78, 5) is 26.1. The predicted molar refractivity (Wildman–Crippen MR) is 129 cm³/mol. The molecule has 8 heteroatoms. The SMILES string of the molecule is CCOC(=O)COCc1nn(-c2ccc(C(C)C)cc2C)c2c1CN(C(=O)OC(C)(C)C)CC2. The molecule has 34 heavy (non-hydrogen) atoms. The van der Waals surface area contributed by atoms with Gasteiger partial charge in [-0.1, -0.05) is 26.0 Å². The third kappa shape index (κ3) is 6.17. The molecule has 0 bridgehead atoms. The van der Waals surface area contributed by atoms with Crippen LogP contribution in [0, 0.1) is 6.92 Å². The molecule has 0 aliphatic carbocycles. The molecule has 0 spiro atoms. The van der Waals surface area contributed by atoms with Crippen LogP contribution in [0.3, 0.4) is 0 Å². The van der Waals surface area contributed by atoms with Gasteiger partial charge >= 0.3 is 12.1 Å². The predicted octanol–water partition coefficient (Wildman–Crippen LogP) is 4.68. The molecule has 8 nitrogen and oxygen atoms in total. The lowest BCUT2D eigenvalue weighted by Crippen LogP contribution is -2.40. The number of fused-ring (bicyclic) bond motifs is 1. The molecule has 0 radical (unpaired) electrons. The molecule has 0 N–H and O–H groups in total. The Hall–Kier alpha value is -2.87. The Morgan fingerprint density at radius 3 is 2.56 bits per heavy atom. The zero-order chi connectivity index (χ0) is 25.0. The number of rotatable bonds is 7. The van der Waals surface area contributed by atoms with Crippen LogP contribution >= 0.6 is 0 Å². The first kappa shape index (κ1) is 25.7. The number of esters is 1. The number of benzene rings is 1. The normalized spacial score (nSPS) is 13.7. The summed E-state index contributed by atoms with van der Waals surface area (Å²) in [5.74, 6) is 0.0276. The van der Waals surface area contributed by atoms with Crippen LogP contribution in [0.2, 0.25) is 0 Å². The molecule has 3 rings (SSSR count). The summed E-state index contributed by atoms with van der Waals surface area (Å²) in [7, 11) is 0. The molecule has 0 unspecified atom stereocenters. The van der Waals surface area contributed by atoms with E-state index in [1.807, 2.05) is 25.5 Å². The van der Waals surface area contributed by atoms with Gasteiger partial charge in [-0.2, -0.15) is 5.10 Å².